The Kier molecular flexibility index (Phi) is 7.19. The van der Waals surface area contributed by atoms with Crippen LogP contribution in [0, 0.1) is 12.5 Å². The highest BCUT2D eigenvalue weighted by atomic mass is 79.9. The third-order valence-electron chi connectivity index (χ3n) is 7.62. The van der Waals surface area contributed by atoms with Gasteiger partial charge < -0.3 is 9.27 Å². The molecular formula is C32H35BrN2OSi. The summed E-state index contributed by atoms with van der Waals surface area (Å²) in [5.74, 6) is 1.58. The molecular weight excluding hydrogens is 536 g/mol. The van der Waals surface area contributed by atoms with Crippen LogP contribution in [-0.2, 0) is 11.0 Å². The van der Waals surface area contributed by atoms with Gasteiger partial charge in [-0.15, -0.1) is 0 Å². The Balaban J connectivity index is 1.51. The Morgan fingerprint density at radius 1 is 1.00 bits per heavy atom. The Morgan fingerprint density at radius 2 is 1.59 bits per heavy atom. The molecule has 0 unspecified atom stereocenters. The monoisotopic (exact) mass is 570 g/mol. The van der Waals surface area contributed by atoms with E-state index in [1.807, 2.05) is 0 Å². The van der Waals surface area contributed by atoms with Crippen molar-refractivity contribution in [3.63, 3.8) is 0 Å². The highest BCUT2D eigenvalue weighted by molar-refractivity contribution is 9.10. The molecule has 0 spiro atoms. The van der Waals surface area contributed by atoms with E-state index in [1.54, 1.807) is 0 Å². The second kappa shape index (κ2) is 10.2. The van der Waals surface area contributed by atoms with Crippen LogP contribution >= 0.6 is 15.9 Å². The van der Waals surface area contributed by atoms with E-state index in [0.717, 1.165) is 22.4 Å². The summed E-state index contributed by atoms with van der Waals surface area (Å²) in [6.45, 7) is 18.7. The molecule has 1 saturated carbocycles. The topological polar surface area (TPSA) is 18.5 Å². The number of benzene rings is 3. The molecule has 3 nitrogen and oxygen atoms in total. The zero-order valence-corrected chi connectivity index (χ0v) is 24.8. The Morgan fingerprint density at radius 3 is 2.11 bits per heavy atom. The molecule has 1 heterocycles. The predicted molar refractivity (Wildman–Crippen MR) is 161 cm³/mol. The average Bonchev–Trinajstić information content (AvgIpc) is 3.68. The van der Waals surface area contributed by atoms with E-state index in [1.165, 1.54) is 34.2 Å². The maximum Gasteiger partial charge on any atom is 0.261 e. The van der Waals surface area contributed by atoms with Crippen molar-refractivity contribution >= 4 is 51.3 Å². The summed E-state index contributed by atoms with van der Waals surface area (Å²) < 4.78 is 10.5. The first-order chi connectivity index (χ1) is 17.8. The van der Waals surface area contributed by atoms with Crippen LogP contribution in [0.1, 0.15) is 52.0 Å². The first-order valence-electron chi connectivity index (χ1n) is 13.2. The minimum Gasteiger partial charge on any atom is -0.407 e. The van der Waals surface area contributed by atoms with Crippen LogP contribution in [0.2, 0.25) is 5.04 Å². The molecule has 5 heteroatoms. The lowest BCUT2D eigenvalue weighted by molar-refractivity contribution is 0.232. The third-order valence-corrected chi connectivity index (χ3v) is 13.1. The molecule has 1 aliphatic rings. The zero-order chi connectivity index (χ0) is 26.2. The number of fused-ring (bicyclic) bond motifs is 1. The summed E-state index contributed by atoms with van der Waals surface area (Å²) in [6, 6.07) is 28.1. The number of halogens is 1. The average molecular weight is 572 g/mol. The maximum absolute atomic E-state index is 8.05. The van der Waals surface area contributed by atoms with E-state index in [4.69, 9.17) is 11.0 Å². The number of hydrogen-bond acceptors (Lipinski definition) is 1. The van der Waals surface area contributed by atoms with Crippen molar-refractivity contribution in [3.05, 3.63) is 100 Å². The van der Waals surface area contributed by atoms with Gasteiger partial charge in [0.05, 0.1) is 6.54 Å². The van der Waals surface area contributed by atoms with E-state index in [9.17, 15) is 0 Å². The molecule has 37 heavy (non-hydrogen) atoms. The molecule has 190 valence electrons. The van der Waals surface area contributed by atoms with Gasteiger partial charge in [-0.3, -0.25) is 4.57 Å². The largest absolute Gasteiger partial charge is 0.407 e. The van der Waals surface area contributed by atoms with Gasteiger partial charge >= 0.3 is 0 Å². The maximum atomic E-state index is 8.05. The lowest BCUT2D eigenvalue weighted by atomic mass is 10.1. The molecule has 1 aliphatic carbocycles. The van der Waals surface area contributed by atoms with Crippen molar-refractivity contribution in [1.82, 2.24) is 4.57 Å². The first kappa shape index (κ1) is 26.0. The summed E-state index contributed by atoms with van der Waals surface area (Å²) >= 11 is 3.66. The number of hydrogen-bond donors (Lipinski definition) is 0. The van der Waals surface area contributed by atoms with Gasteiger partial charge in [0.25, 0.3) is 8.32 Å². The summed E-state index contributed by atoms with van der Waals surface area (Å²) in [5.41, 5.74) is 2.40. The van der Waals surface area contributed by atoms with Crippen molar-refractivity contribution in [1.29, 1.82) is 0 Å². The van der Waals surface area contributed by atoms with Crippen LogP contribution in [0.15, 0.2) is 83.3 Å². The zero-order valence-electron chi connectivity index (χ0n) is 22.2. The molecule has 3 aromatic carbocycles. The van der Waals surface area contributed by atoms with E-state index < -0.39 is 8.32 Å². The lowest BCUT2D eigenvalue weighted by Gasteiger charge is -2.43. The van der Waals surface area contributed by atoms with E-state index in [0.29, 0.717) is 12.5 Å². The van der Waals surface area contributed by atoms with Gasteiger partial charge in [-0.1, -0.05) is 117 Å². The fourth-order valence-corrected chi connectivity index (χ4v) is 10.8. The van der Waals surface area contributed by atoms with Gasteiger partial charge in [-0.2, -0.15) is 0 Å². The molecule has 0 amide bonds. The van der Waals surface area contributed by atoms with Gasteiger partial charge in [0.15, 0.2) is 0 Å². The SMILES string of the molecule is [C-]#[N+]c1c(C2CC2)c2ccc(Br)cc2n1C[C@H](C)CO[Si](c1ccccc1)(c1ccccc1)C(C)(C)C. The van der Waals surface area contributed by atoms with Gasteiger partial charge in [-0.05, 0) is 51.9 Å². The van der Waals surface area contributed by atoms with Crippen LogP contribution < -0.4 is 10.4 Å². The van der Waals surface area contributed by atoms with Gasteiger partial charge in [0.2, 0.25) is 5.82 Å². The Labute approximate surface area is 230 Å². The summed E-state index contributed by atoms with van der Waals surface area (Å²) in [7, 11) is -2.59. The summed E-state index contributed by atoms with van der Waals surface area (Å²) in [6.07, 6.45) is 2.37. The van der Waals surface area contributed by atoms with Crippen LogP contribution in [-0.4, -0.2) is 19.5 Å². The van der Waals surface area contributed by atoms with Crippen LogP contribution in [0.4, 0.5) is 5.82 Å². The molecule has 1 atom stereocenters. The standard InChI is InChI=1S/C32H35BrN2OSi/c1-23(21-35-29-20-25(33)18-19-28(29)30(24-16-17-24)31(35)34-5)22-36-37(32(2,3)4,26-12-8-6-9-13-26)27-14-10-7-11-15-27/h6-15,18-20,23-24H,16-17,21-22H2,1-4H3/t23-/m0/s1. The molecule has 0 aliphatic heterocycles. The smallest absolute Gasteiger partial charge is 0.261 e. The van der Waals surface area contributed by atoms with Crippen LogP contribution in [0.25, 0.3) is 15.7 Å². The molecule has 0 saturated heterocycles. The van der Waals surface area contributed by atoms with E-state index in [-0.39, 0.29) is 11.0 Å². The van der Waals surface area contributed by atoms with Gasteiger partial charge in [0.1, 0.15) is 5.52 Å². The van der Waals surface area contributed by atoms with Gasteiger partial charge in [0, 0.05) is 22.4 Å². The second-order valence-corrected chi connectivity index (χ2v) is 16.7. The number of nitrogens with zero attached hydrogens (tertiary/aromatic N) is 2. The molecule has 5 rings (SSSR count). The molecule has 0 bridgehead atoms. The van der Waals surface area contributed by atoms with Gasteiger partial charge in [-0.25, -0.2) is 0 Å². The lowest BCUT2D eigenvalue weighted by Crippen LogP contribution is -2.66. The third kappa shape index (κ3) is 4.83. The minimum atomic E-state index is -2.59. The minimum absolute atomic E-state index is 0.0543. The fraction of sp³-hybridized carbons (Fsp3) is 0.344. The quantitative estimate of drug-likeness (QED) is 0.155. The highest BCUT2D eigenvalue weighted by Crippen LogP contribution is 2.49. The highest BCUT2D eigenvalue weighted by Gasteiger charge is 2.50. The van der Waals surface area contributed by atoms with Crippen LogP contribution in [0.5, 0.6) is 0 Å². The van der Waals surface area contributed by atoms with Crippen molar-refractivity contribution in [3.8, 4) is 0 Å². The molecule has 1 fully saturated rings. The Hall–Kier alpha value is -2.65. The normalized spacial score (nSPS) is 15.0. The van der Waals surface area contributed by atoms with Crippen LogP contribution in [0.3, 0.4) is 0 Å². The Bertz CT molecular complexity index is 1390. The van der Waals surface area contributed by atoms with E-state index >= 15 is 0 Å². The van der Waals surface area contributed by atoms with E-state index in [2.05, 4.69) is 132 Å². The van der Waals surface area contributed by atoms with Crippen molar-refractivity contribution < 1.29 is 4.43 Å². The predicted octanol–water partition coefficient (Wildman–Crippen LogP) is 8.04. The first-order valence-corrected chi connectivity index (χ1v) is 15.9. The molecule has 0 radical (unpaired) electrons. The fourth-order valence-electron chi connectivity index (χ4n) is 5.81. The second-order valence-electron chi connectivity index (χ2n) is 11.5. The molecule has 4 aromatic rings. The summed E-state index contributed by atoms with van der Waals surface area (Å²) in [5, 5.41) is 3.78. The molecule has 1 aromatic heterocycles. The number of aromatic nitrogens is 1. The van der Waals surface area contributed by atoms with Crippen molar-refractivity contribution in [2.45, 2.75) is 58.0 Å². The molecule has 0 N–H and O–H groups in total. The number of rotatable bonds is 8. The van der Waals surface area contributed by atoms with Crippen molar-refractivity contribution in [2.75, 3.05) is 6.61 Å². The van der Waals surface area contributed by atoms with Crippen molar-refractivity contribution in [2.24, 2.45) is 5.92 Å². The summed E-state index contributed by atoms with van der Waals surface area (Å²) in [4.78, 5) is 4.06.